The number of hydrogen-bond donors (Lipinski definition) is 0. The average Bonchev–Trinajstić information content (AvgIpc) is 3.49. The number of pyridine rings is 1. The second-order valence-electron chi connectivity index (χ2n) is 10.2. The standard InChI is InChI=1S/C28H34N4O3/c1-21-6-2-5-9-24(21)28(19-26(34)32(27(28)35)20-22-10-12-29-13-11-22)18-25(33)31-16-14-30(15-17-31)23-7-3-4-8-23/h2,5-6,9-13,23H,3-4,7-8,14-20H2,1H3/t28-/m1/s1. The van der Waals surface area contributed by atoms with Crippen LogP contribution in [0.4, 0.5) is 0 Å². The highest BCUT2D eigenvalue weighted by Gasteiger charge is 2.54. The Bertz CT molecular complexity index is 1090. The summed E-state index contributed by atoms with van der Waals surface area (Å²) in [5, 5.41) is 0. The van der Waals surface area contributed by atoms with Gasteiger partial charge >= 0.3 is 0 Å². The molecule has 7 heteroatoms. The van der Waals surface area contributed by atoms with E-state index in [4.69, 9.17) is 0 Å². The van der Waals surface area contributed by atoms with Crippen molar-refractivity contribution >= 4 is 17.7 Å². The molecule has 35 heavy (non-hydrogen) atoms. The maximum Gasteiger partial charge on any atom is 0.241 e. The number of aromatic nitrogens is 1. The molecule has 3 aliphatic rings. The first-order valence-electron chi connectivity index (χ1n) is 12.8. The first-order chi connectivity index (χ1) is 17.0. The molecule has 2 aliphatic heterocycles. The Kier molecular flexibility index (Phi) is 6.69. The van der Waals surface area contributed by atoms with Gasteiger partial charge in [0.15, 0.2) is 0 Å². The molecule has 3 fully saturated rings. The summed E-state index contributed by atoms with van der Waals surface area (Å²) in [5.41, 5.74) is 1.40. The zero-order valence-corrected chi connectivity index (χ0v) is 20.5. The number of rotatable bonds is 6. The Morgan fingerprint density at radius 1 is 1.00 bits per heavy atom. The topological polar surface area (TPSA) is 73.8 Å². The van der Waals surface area contributed by atoms with E-state index < -0.39 is 5.41 Å². The molecule has 3 heterocycles. The van der Waals surface area contributed by atoms with Gasteiger partial charge in [-0.05, 0) is 48.6 Å². The molecule has 184 valence electrons. The van der Waals surface area contributed by atoms with Crippen LogP contribution >= 0.6 is 0 Å². The minimum atomic E-state index is -1.16. The molecule has 5 rings (SSSR count). The van der Waals surface area contributed by atoms with Crippen molar-refractivity contribution in [2.45, 2.75) is 63.5 Å². The largest absolute Gasteiger partial charge is 0.340 e. The number of piperazine rings is 1. The van der Waals surface area contributed by atoms with Crippen LogP contribution in [-0.4, -0.2) is 69.6 Å². The van der Waals surface area contributed by atoms with Gasteiger partial charge in [0.05, 0.1) is 12.0 Å². The highest BCUT2D eigenvalue weighted by molar-refractivity contribution is 6.10. The van der Waals surface area contributed by atoms with Crippen LogP contribution in [0.1, 0.15) is 55.2 Å². The van der Waals surface area contributed by atoms with Crippen LogP contribution in [-0.2, 0) is 26.3 Å². The van der Waals surface area contributed by atoms with Gasteiger partial charge in [-0.2, -0.15) is 0 Å². The van der Waals surface area contributed by atoms with Gasteiger partial charge < -0.3 is 4.90 Å². The number of hydrogen-bond acceptors (Lipinski definition) is 5. The number of amides is 3. The van der Waals surface area contributed by atoms with E-state index in [2.05, 4.69) is 9.88 Å². The van der Waals surface area contributed by atoms with Crippen molar-refractivity contribution in [1.82, 2.24) is 19.7 Å². The van der Waals surface area contributed by atoms with Crippen molar-refractivity contribution in [3.8, 4) is 0 Å². The smallest absolute Gasteiger partial charge is 0.241 e. The third-order valence-corrected chi connectivity index (χ3v) is 8.12. The molecule has 3 amide bonds. The zero-order valence-electron chi connectivity index (χ0n) is 20.5. The third-order valence-electron chi connectivity index (χ3n) is 8.12. The summed E-state index contributed by atoms with van der Waals surface area (Å²) in [4.78, 5) is 50.5. The minimum Gasteiger partial charge on any atom is -0.340 e. The predicted octanol–water partition coefficient (Wildman–Crippen LogP) is 3.06. The summed E-state index contributed by atoms with van der Waals surface area (Å²) in [6, 6.07) is 11.9. The lowest BCUT2D eigenvalue weighted by molar-refractivity contribution is -0.143. The number of likely N-dealkylation sites (tertiary alicyclic amines) is 1. The highest BCUT2D eigenvalue weighted by Crippen LogP contribution is 2.42. The fraction of sp³-hybridized carbons (Fsp3) is 0.500. The van der Waals surface area contributed by atoms with E-state index >= 15 is 0 Å². The van der Waals surface area contributed by atoms with Gasteiger partial charge in [0, 0.05) is 57.5 Å². The van der Waals surface area contributed by atoms with Crippen LogP contribution in [0.5, 0.6) is 0 Å². The number of nitrogens with zero attached hydrogens (tertiary/aromatic N) is 4. The molecular formula is C28H34N4O3. The van der Waals surface area contributed by atoms with Gasteiger partial charge in [-0.25, -0.2) is 0 Å². The third kappa shape index (κ3) is 4.61. The lowest BCUT2D eigenvalue weighted by atomic mass is 9.74. The zero-order chi connectivity index (χ0) is 24.4. The predicted molar refractivity (Wildman–Crippen MR) is 132 cm³/mol. The average molecular weight is 475 g/mol. The van der Waals surface area contributed by atoms with E-state index in [1.165, 1.54) is 30.6 Å². The van der Waals surface area contributed by atoms with Gasteiger partial charge in [-0.15, -0.1) is 0 Å². The summed E-state index contributed by atoms with van der Waals surface area (Å²) in [6.07, 6.45) is 8.48. The second kappa shape index (κ2) is 9.90. The first-order valence-corrected chi connectivity index (χ1v) is 12.8. The molecule has 0 bridgehead atoms. The molecule has 2 saturated heterocycles. The van der Waals surface area contributed by atoms with E-state index in [0.29, 0.717) is 19.1 Å². The Morgan fingerprint density at radius 2 is 1.69 bits per heavy atom. The van der Waals surface area contributed by atoms with Crippen molar-refractivity contribution in [2.24, 2.45) is 0 Å². The number of imide groups is 1. The molecule has 1 saturated carbocycles. The van der Waals surface area contributed by atoms with Crippen LogP contribution < -0.4 is 0 Å². The molecule has 0 radical (unpaired) electrons. The van der Waals surface area contributed by atoms with Gasteiger partial charge in [-0.3, -0.25) is 29.2 Å². The lowest BCUT2D eigenvalue weighted by Gasteiger charge is -2.39. The quantitative estimate of drug-likeness (QED) is 0.602. The SMILES string of the molecule is Cc1ccccc1[C@@]1(CC(=O)N2CCN(C3CCCC3)CC2)CC(=O)N(Cc2ccncc2)C1=O. The van der Waals surface area contributed by atoms with Crippen molar-refractivity contribution in [1.29, 1.82) is 0 Å². The van der Waals surface area contributed by atoms with Crippen molar-refractivity contribution < 1.29 is 14.4 Å². The van der Waals surface area contributed by atoms with Crippen LogP contribution in [0, 0.1) is 6.92 Å². The van der Waals surface area contributed by atoms with Gasteiger partial charge in [0.2, 0.25) is 17.7 Å². The lowest BCUT2D eigenvalue weighted by Crippen LogP contribution is -2.53. The van der Waals surface area contributed by atoms with E-state index in [-0.39, 0.29) is 37.1 Å². The number of aryl methyl sites for hydroxylation is 1. The van der Waals surface area contributed by atoms with Crippen LogP contribution in [0.2, 0.25) is 0 Å². The van der Waals surface area contributed by atoms with Crippen molar-refractivity contribution in [3.05, 3.63) is 65.5 Å². The summed E-state index contributed by atoms with van der Waals surface area (Å²) < 4.78 is 0. The fourth-order valence-electron chi connectivity index (χ4n) is 6.16. The summed E-state index contributed by atoms with van der Waals surface area (Å²) in [6.45, 7) is 5.28. The molecule has 1 aliphatic carbocycles. The Hall–Kier alpha value is -3.06. The number of carbonyl (C=O) groups is 3. The van der Waals surface area contributed by atoms with Gasteiger partial charge in [0.1, 0.15) is 0 Å². The Morgan fingerprint density at radius 3 is 2.37 bits per heavy atom. The Balaban J connectivity index is 1.37. The molecule has 2 aromatic rings. The molecule has 0 unspecified atom stereocenters. The number of benzene rings is 1. The van der Waals surface area contributed by atoms with Crippen molar-refractivity contribution in [3.63, 3.8) is 0 Å². The van der Waals surface area contributed by atoms with E-state index in [1.807, 2.05) is 48.2 Å². The normalized spacial score (nSPS) is 23.9. The maximum absolute atomic E-state index is 13.9. The van der Waals surface area contributed by atoms with Gasteiger partial charge in [-0.1, -0.05) is 37.1 Å². The molecule has 1 aromatic heterocycles. The molecule has 0 N–H and O–H groups in total. The minimum absolute atomic E-state index is 0.0234. The Labute approximate surface area is 207 Å². The summed E-state index contributed by atoms with van der Waals surface area (Å²) in [5.74, 6) is -0.535. The monoisotopic (exact) mass is 474 g/mol. The summed E-state index contributed by atoms with van der Waals surface area (Å²) >= 11 is 0. The van der Waals surface area contributed by atoms with Crippen molar-refractivity contribution in [2.75, 3.05) is 26.2 Å². The highest BCUT2D eigenvalue weighted by atomic mass is 16.2. The molecule has 7 nitrogen and oxygen atoms in total. The fourth-order valence-corrected chi connectivity index (χ4v) is 6.16. The van der Waals surface area contributed by atoms with Crippen LogP contribution in [0.3, 0.4) is 0 Å². The molecule has 1 aromatic carbocycles. The summed E-state index contributed by atoms with van der Waals surface area (Å²) in [7, 11) is 0. The second-order valence-corrected chi connectivity index (χ2v) is 10.2. The molecule has 0 spiro atoms. The molecular weight excluding hydrogens is 440 g/mol. The first kappa shape index (κ1) is 23.7. The van der Waals surface area contributed by atoms with Crippen LogP contribution in [0.15, 0.2) is 48.8 Å². The van der Waals surface area contributed by atoms with Gasteiger partial charge in [0.25, 0.3) is 0 Å². The van der Waals surface area contributed by atoms with E-state index in [1.54, 1.807) is 12.4 Å². The van der Waals surface area contributed by atoms with Crippen LogP contribution in [0.25, 0.3) is 0 Å². The molecule has 1 atom stereocenters. The number of carbonyl (C=O) groups excluding carboxylic acids is 3. The van der Waals surface area contributed by atoms with E-state index in [0.717, 1.165) is 29.8 Å². The maximum atomic E-state index is 13.9. The van der Waals surface area contributed by atoms with E-state index in [9.17, 15) is 14.4 Å².